The maximum atomic E-state index is 13.7. The molecule has 1 nitrogen and oxygen atoms in total. The van der Waals surface area contributed by atoms with Crippen molar-refractivity contribution in [2.45, 2.75) is 54.2 Å². The number of rotatable bonds is 3. The standard InChI is InChI=1S/C10F20O/c11-3(12,8(22,23)24)1(6(16,17)18,4(13,14)9(25,26)27)2(7(19,20)21)5(15,31-2)10(28,29)30. The highest BCUT2D eigenvalue weighted by Crippen LogP contribution is 2.82. The Kier molecular flexibility index (Phi) is 5.44. The van der Waals surface area contributed by atoms with Crippen LogP contribution in [0.2, 0.25) is 0 Å². The van der Waals surface area contributed by atoms with E-state index >= 15 is 0 Å². The minimum absolute atomic E-state index is 1.78. The van der Waals surface area contributed by atoms with Gasteiger partial charge in [0, 0.05) is 0 Å². The van der Waals surface area contributed by atoms with Crippen LogP contribution in [-0.4, -0.2) is 54.2 Å². The smallest absolute Gasteiger partial charge is 0.312 e. The average molecular weight is 516 g/mol. The third kappa shape index (κ3) is 2.89. The van der Waals surface area contributed by atoms with Crippen molar-refractivity contribution in [2.24, 2.45) is 5.41 Å². The van der Waals surface area contributed by atoms with E-state index in [-0.39, 0.29) is 0 Å². The van der Waals surface area contributed by atoms with Crippen molar-refractivity contribution in [2.75, 3.05) is 0 Å². The third-order valence-corrected chi connectivity index (χ3v) is 4.08. The van der Waals surface area contributed by atoms with E-state index in [9.17, 15) is 87.8 Å². The fourth-order valence-electron chi connectivity index (χ4n) is 2.83. The molecule has 1 rings (SSSR count). The highest BCUT2D eigenvalue weighted by Gasteiger charge is 3.13. The summed E-state index contributed by atoms with van der Waals surface area (Å²) in [4.78, 5) is 0. The summed E-state index contributed by atoms with van der Waals surface area (Å²) in [5, 5.41) is 0. The zero-order chi connectivity index (χ0) is 25.7. The lowest BCUT2D eigenvalue weighted by Gasteiger charge is -2.49. The quantitative estimate of drug-likeness (QED) is 0.309. The summed E-state index contributed by atoms with van der Waals surface area (Å²) < 4.78 is 261. The van der Waals surface area contributed by atoms with Crippen molar-refractivity contribution in [3.63, 3.8) is 0 Å². The monoisotopic (exact) mass is 516 g/mol. The van der Waals surface area contributed by atoms with Gasteiger partial charge >= 0.3 is 48.6 Å². The molecule has 0 bridgehead atoms. The molecule has 1 aliphatic heterocycles. The summed E-state index contributed by atoms with van der Waals surface area (Å²) in [7, 11) is 0. The second-order valence-electron chi connectivity index (χ2n) is 5.77. The molecule has 0 aromatic rings. The van der Waals surface area contributed by atoms with Gasteiger partial charge in [-0.2, -0.15) is 87.8 Å². The van der Waals surface area contributed by atoms with Crippen LogP contribution in [-0.2, 0) is 4.74 Å². The normalized spacial score (nSPS) is 27.5. The summed E-state index contributed by atoms with van der Waals surface area (Å²) in [6, 6.07) is 0. The van der Waals surface area contributed by atoms with Crippen LogP contribution in [0, 0.1) is 5.41 Å². The van der Waals surface area contributed by atoms with Gasteiger partial charge in [-0.1, -0.05) is 0 Å². The maximum absolute atomic E-state index is 13.7. The van der Waals surface area contributed by atoms with E-state index in [1.165, 1.54) is 0 Å². The first kappa shape index (κ1) is 27.6. The molecule has 0 aliphatic carbocycles. The lowest BCUT2D eigenvalue weighted by molar-refractivity contribution is -0.493. The molecule has 0 N–H and O–H groups in total. The zero-order valence-electron chi connectivity index (χ0n) is 13.0. The van der Waals surface area contributed by atoms with Crippen LogP contribution in [0.15, 0.2) is 0 Å². The van der Waals surface area contributed by atoms with E-state index in [0.29, 0.717) is 0 Å². The van der Waals surface area contributed by atoms with E-state index in [1.54, 1.807) is 4.74 Å². The molecular formula is C10F20O. The van der Waals surface area contributed by atoms with E-state index in [1.807, 2.05) is 0 Å². The molecule has 31 heavy (non-hydrogen) atoms. The Morgan fingerprint density at radius 3 is 0.839 bits per heavy atom. The van der Waals surface area contributed by atoms with Crippen LogP contribution in [0.5, 0.6) is 0 Å². The third-order valence-electron chi connectivity index (χ3n) is 4.08. The van der Waals surface area contributed by atoms with E-state index in [4.69, 9.17) is 0 Å². The molecule has 1 fully saturated rings. The highest BCUT2D eigenvalue weighted by molar-refractivity contribution is 5.35. The average Bonchev–Trinajstić information content (AvgIpc) is 3.02. The Labute approximate surface area is 153 Å². The van der Waals surface area contributed by atoms with Gasteiger partial charge in [-0.05, 0) is 0 Å². The van der Waals surface area contributed by atoms with Crippen LogP contribution in [0.3, 0.4) is 0 Å². The fraction of sp³-hybridized carbons (Fsp3) is 1.00. The summed E-state index contributed by atoms with van der Waals surface area (Å²) in [6.07, 6.45) is -41.9. The first-order valence-electron chi connectivity index (χ1n) is 6.44. The van der Waals surface area contributed by atoms with Crippen LogP contribution >= 0.6 is 0 Å². The Hall–Kier alpha value is -1.44. The van der Waals surface area contributed by atoms with Gasteiger partial charge in [-0.25, -0.2) is 0 Å². The summed E-state index contributed by atoms with van der Waals surface area (Å²) in [6.45, 7) is 0. The van der Waals surface area contributed by atoms with Gasteiger partial charge in [0.2, 0.25) is 0 Å². The van der Waals surface area contributed by atoms with Gasteiger partial charge < -0.3 is 4.74 Å². The number of halogens is 20. The Balaban J connectivity index is 4.53. The molecule has 0 spiro atoms. The molecule has 186 valence electrons. The van der Waals surface area contributed by atoms with Gasteiger partial charge in [0.25, 0.3) is 11.0 Å². The Morgan fingerprint density at radius 1 is 0.419 bits per heavy atom. The molecule has 1 saturated heterocycles. The predicted octanol–water partition coefficient (Wildman–Crippen LogP) is 6.49. The Morgan fingerprint density at radius 2 is 0.710 bits per heavy atom. The van der Waals surface area contributed by atoms with Crippen LogP contribution in [0.4, 0.5) is 87.8 Å². The molecule has 1 aliphatic rings. The second-order valence-corrected chi connectivity index (χ2v) is 5.77. The van der Waals surface area contributed by atoms with Crippen LogP contribution < -0.4 is 0 Å². The molecule has 0 saturated carbocycles. The van der Waals surface area contributed by atoms with Gasteiger partial charge in [0.05, 0.1) is 0 Å². The lowest BCUT2D eigenvalue weighted by atomic mass is 9.61. The predicted molar refractivity (Wildman–Crippen MR) is 50.3 cm³/mol. The van der Waals surface area contributed by atoms with Crippen molar-refractivity contribution < 1.29 is 92.5 Å². The number of hydrogen-bond acceptors (Lipinski definition) is 1. The van der Waals surface area contributed by atoms with Gasteiger partial charge in [-0.3, -0.25) is 0 Å². The van der Waals surface area contributed by atoms with E-state index in [2.05, 4.69) is 0 Å². The zero-order valence-corrected chi connectivity index (χ0v) is 13.0. The van der Waals surface area contributed by atoms with Crippen molar-refractivity contribution in [1.82, 2.24) is 0 Å². The first-order valence-corrected chi connectivity index (χ1v) is 6.44. The minimum Gasteiger partial charge on any atom is -0.312 e. The molecule has 1 heterocycles. The topological polar surface area (TPSA) is 12.5 Å². The molecule has 0 amide bonds. The minimum atomic E-state index is -9.28. The molecular weight excluding hydrogens is 516 g/mol. The van der Waals surface area contributed by atoms with Crippen molar-refractivity contribution in [1.29, 1.82) is 0 Å². The van der Waals surface area contributed by atoms with E-state index in [0.717, 1.165) is 0 Å². The van der Waals surface area contributed by atoms with E-state index < -0.39 is 59.6 Å². The summed E-state index contributed by atoms with van der Waals surface area (Å²) in [5.41, 5.74) is -17.4. The molecule has 21 heteroatoms. The SMILES string of the molecule is FC(F)(F)C(F)(F)C(C(F)(F)F)(C(F)(F)C(F)(F)F)C1(C(F)(F)F)OC1(F)C(F)(F)F. The van der Waals surface area contributed by atoms with Crippen molar-refractivity contribution in [3.8, 4) is 0 Å². The maximum Gasteiger partial charge on any atom is 0.454 e. The molecule has 0 radical (unpaired) electrons. The second kappa shape index (κ2) is 6.12. The summed E-state index contributed by atoms with van der Waals surface area (Å²) in [5.74, 6) is -25.7. The summed E-state index contributed by atoms with van der Waals surface area (Å²) >= 11 is 0. The van der Waals surface area contributed by atoms with Gasteiger partial charge in [0.1, 0.15) is 0 Å². The fourth-order valence-corrected chi connectivity index (χ4v) is 2.83. The molecule has 0 aromatic heterocycles. The number of epoxide rings is 1. The van der Waals surface area contributed by atoms with Crippen LogP contribution in [0.1, 0.15) is 0 Å². The van der Waals surface area contributed by atoms with Gasteiger partial charge in [-0.15, -0.1) is 0 Å². The van der Waals surface area contributed by atoms with Crippen LogP contribution in [0.25, 0.3) is 0 Å². The number of alkyl halides is 20. The molecule has 2 atom stereocenters. The first-order chi connectivity index (χ1) is 13.0. The van der Waals surface area contributed by atoms with Crippen molar-refractivity contribution in [3.05, 3.63) is 0 Å². The highest BCUT2D eigenvalue weighted by atomic mass is 19.4. The van der Waals surface area contributed by atoms with Gasteiger partial charge in [0.15, 0.2) is 0 Å². The number of hydrogen-bond donors (Lipinski definition) is 0. The Bertz CT molecular complexity index is 674. The number of ether oxygens (including phenoxy) is 1. The largest absolute Gasteiger partial charge is 0.454 e. The van der Waals surface area contributed by atoms with Crippen molar-refractivity contribution >= 4 is 0 Å². The molecule has 2 unspecified atom stereocenters. The lowest BCUT2D eigenvalue weighted by Crippen LogP contribution is -2.80. The molecule has 0 aromatic carbocycles.